The molecule has 5 aromatic rings. The van der Waals surface area contributed by atoms with Crippen LogP contribution in [0.4, 0.5) is 0 Å². The van der Waals surface area contributed by atoms with Crippen LogP contribution in [0.5, 0.6) is 0 Å². The number of para-hydroxylation sites is 1. The maximum Gasteiger partial charge on any atom is 0.296 e. The Balaban J connectivity index is 1.84. The van der Waals surface area contributed by atoms with E-state index < -0.39 is 0 Å². The zero-order valence-electron chi connectivity index (χ0n) is 13.4. The van der Waals surface area contributed by atoms with Crippen molar-refractivity contribution < 1.29 is 4.57 Å². The summed E-state index contributed by atoms with van der Waals surface area (Å²) in [4.78, 5) is 8.94. The van der Waals surface area contributed by atoms with Crippen LogP contribution in [0, 0.1) is 0 Å². The lowest BCUT2D eigenvalue weighted by Gasteiger charge is -2.02. The summed E-state index contributed by atoms with van der Waals surface area (Å²) in [6, 6.07) is 14.6. The quantitative estimate of drug-likeness (QED) is 0.436. The molecule has 4 aromatic heterocycles. The van der Waals surface area contributed by atoms with Crippen molar-refractivity contribution in [2.24, 2.45) is 0 Å². The Hall–Kier alpha value is -3.47. The number of hydrogen-bond donors (Lipinski definition) is 0. The molecule has 0 saturated heterocycles. The van der Waals surface area contributed by atoms with Gasteiger partial charge < -0.3 is 4.40 Å². The lowest BCUT2D eigenvalue weighted by molar-refractivity contribution is -0.645. The van der Waals surface area contributed by atoms with Crippen LogP contribution in [-0.2, 0) is 6.54 Å². The highest BCUT2D eigenvalue weighted by molar-refractivity contribution is 5.92. The van der Waals surface area contributed by atoms with Crippen LogP contribution in [0.15, 0.2) is 73.4 Å². The van der Waals surface area contributed by atoms with Gasteiger partial charge in [-0.3, -0.25) is 4.98 Å². The molecular weight excluding hydrogens is 310 g/mol. The minimum Gasteiger partial charge on any atom is -0.300 e. The lowest BCUT2D eigenvalue weighted by Crippen LogP contribution is -2.31. The molecule has 0 unspecified atom stereocenters. The van der Waals surface area contributed by atoms with Gasteiger partial charge in [0.1, 0.15) is 12.2 Å². The fraction of sp³-hybridized carbons (Fsp3) is 0.0500. The molecule has 5 nitrogen and oxygen atoms in total. The topological polar surface area (TPSA) is 39.0 Å². The Morgan fingerprint density at radius 3 is 2.84 bits per heavy atom. The summed E-state index contributed by atoms with van der Waals surface area (Å²) >= 11 is 0. The first-order valence-electron chi connectivity index (χ1n) is 8.30. The molecule has 0 fully saturated rings. The number of pyridine rings is 1. The summed E-state index contributed by atoms with van der Waals surface area (Å²) in [5, 5.41) is 0. The van der Waals surface area contributed by atoms with Crippen molar-refractivity contribution >= 4 is 16.7 Å². The third-order valence-electron chi connectivity index (χ3n) is 4.96. The molecule has 5 heterocycles. The summed E-state index contributed by atoms with van der Waals surface area (Å²) in [5.41, 5.74) is 6.94. The number of imidazole rings is 1. The van der Waals surface area contributed by atoms with Crippen LogP contribution >= 0.6 is 0 Å². The lowest BCUT2D eigenvalue weighted by atomic mass is 10.1. The zero-order chi connectivity index (χ0) is 16.4. The van der Waals surface area contributed by atoms with Gasteiger partial charge in [-0.25, -0.2) is 9.55 Å². The van der Waals surface area contributed by atoms with Gasteiger partial charge in [0.25, 0.3) is 5.82 Å². The first-order chi connectivity index (χ1) is 12.4. The summed E-state index contributed by atoms with van der Waals surface area (Å²) in [7, 11) is 0. The van der Waals surface area contributed by atoms with Gasteiger partial charge in [0, 0.05) is 30.4 Å². The van der Waals surface area contributed by atoms with Gasteiger partial charge in [-0.15, -0.1) is 0 Å². The van der Waals surface area contributed by atoms with Crippen molar-refractivity contribution in [2.75, 3.05) is 0 Å². The molecule has 1 aliphatic rings. The number of rotatable bonds is 1. The third-order valence-corrected chi connectivity index (χ3v) is 4.96. The van der Waals surface area contributed by atoms with E-state index in [0.717, 1.165) is 23.4 Å². The second-order valence-electron chi connectivity index (χ2n) is 6.33. The highest BCUT2D eigenvalue weighted by atomic mass is 15.2. The van der Waals surface area contributed by atoms with Crippen LogP contribution in [0.1, 0.15) is 5.56 Å². The Kier molecular flexibility index (Phi) is 2.34. The molecule has 0 saturated carbocycles. The fourth-order valence-corrected chi connectivity index (χ4v) is 3.93. The largest absolute Gasteiger partial charge is 0.300 e. The smallest absolute Gasteiger partial charge is 0.296 e. The minimum absolute atomic E-state index is 0.839. The summed E-state index contributed by atoms with van der Waals surface area (Å²) in [6.07, 6.45) is 9.91. The van der Waals surface area contributed by atoms with Crippen molar-refractivity contribution in [2.45, 2.75) is 6.54 Å². The number of benzene rings is 1. The molecule has 0 N–H and O–H groups in total. The van der Waals surface area contributed by atoms with Gasteiger partial charge in [-0.1, -0.05) is 18.2 Å². The van der Waals surface area contributed by atoms with E-state index in [4.69, 9.17) is 0 Å². The Morgan fingerprint density at radius 2 is 1.92 bits per heavy atom. The highest BCUT2D eigenvalue weighted by Crippen LogP contribution is 2.35. The van der Waals surface area contributed by atoms with Gasteiger partial charge in [-0.2, -0.15) is 4.57 Å². The van der Waals surface area contributed by atoms with E-state index in [1.807, 2.05) is 36.9 Å². The molecule has 0 atom stereocenters. The predicted molar refractivity (Wildman–Crippen MR) is 94.6 cm³/mol. The summed E-state index contributed by atoms with van der Waals surface area (Å²) in [5.74, 6) is 1.20. The Bertz CT molecular complexity index is 1260. The molecule has 1 aromatic carbocycles. The van der Waals surface area contributed by atoms with E-state index in [2.05, 4.69) is 60.0 Å². The first kappa shape index (κ1) is 12.9. The number of aromatic nitrogens is 5. The van der Waals surface area contributed by atoms with Crippen LogP contribution in [-0.4, -0.2) is 18.9 Å². The molecule has 1 aliphatic heterocycles. The molecule has 0 spiro atoms. The van der Waals surface area contributed by atoms with Crippen LogP contribution in [0.25, 0.3) is 33.8 Å². The van der Waals surface area contributed by atoms with Crippen molar-refractivity contribution in [1.29, 1.82) is 0 Å². The average Bonchev–Trinajstić information content (AvgIpc) is 3.30. The van der Waals surface area contributed by atoms with Gasteiger partial charge in [0.15, 0.2) is 11.2 Å². The number of fused-ring (bicyclic) bond motifs is 7. The summed E-state index contributed by atoms with van der Waals surface area (Å²) < 4.78 is 6.78. The highest BCUT2D eigenvalue weighted by Gasteiger charge is 2.36. The maximum atomic E-state index is 4.64. The van der Waals surface area contributed by atoms with E-state index in [1.165, 1.54) is 22.5 Å². The van der Waals surface area contributed by atoms with Crippen molar-refractivity contribution in [3.8, 4) is 17.1 Å². The van der Waals surface area contributed by atoms with Crippen LogP contribution in [0.2, 0.25) is 0 Å². The van der Waals surface area contributed by atoms with Gasteiger partial charge in [-0.05, 0) is 24.3 Å². The van der Waals surface area contributed by atoms with E-state index in [0.29, 0.717) is 0 Å². The number of nitrogens with zero attached hydrogens (tertiary/aromatic N) is 5. The van der Waals surface area contributed by atoms with Crippen molar-refractivity contribution in [1.82, 2.24) is 18.9 Å². The average molecular weight is 324 g/mol. The molecular formula is C20H14N5+. The van der Waals surface area contributed by atoms with Crippen LogP contribution in [0.3, 0.4) is 0 Å². The van der Waals surface area contributed by atoms with Crippen molar-refractivity contribution in [3.63, 3.8) is 0 Å². The van der Waals surface area contributed by atoms with Gasteiger partial charge >= 0.3 is 0 Å². The van der Waals surface area contributed by atoms with Gasteiger partial charge in [0.2, 0.25) is 5.52 Å². The Labute approximate surface area is 143 Å². The molecule has 0 bridgehead atoms. The van der Waals surface area contributed by atoms with Crippen LogP contribution < -0.4 is 4.57 Å². The van der Waals surface area contributed by atoms with Gasteiger partial charge in [0.05, 0.1) is 11.8 Å². The normalized spacial score (nSPS) is 12.6. The van der Waals surface area contributed by atoms with E-state index in [-0.39, 0.29) is 0 Å². The molecule has 118 valence electrons. The molecule has 0 amide bonds. The maximum absolute atomic E-state index is 4.64. The fourth-order valence-electron chi connectivity index (χ4n) is 3.93. The van der Waals surface area contributed by atoms with Crippen molar-refractivity contribution in [3.05, 3.63) is 79.0 Å². The molecule has 6 rings (SSSR count). The monoisotopic (exact) mass is 324 g/mol. The molecule has 25 heavy (non-hydrogen) atoms. The second kappa shape index (κ2) is 4.54. The minimum atomic E-state index is 0.839. The first-order valence-corrected chi connectivity index (χ1v) is 8.30. The van der Waals surface area contributed by atoms with E-state index in [9.17, 15) is 0 Å². The molecule has 0 radical (unpaired) electrons. The second-order valence-corrected chi connectivity index (χ2v) is 6.33. The zero-order valence-corrected chi connectivity index (χ0v) is 13.4. The Morgan fingerprint density at radius 1 is 1.00 bits per heavy atom. The molecule has 0 aliphatic carbocycles. The summed E-state index contributed by atoms with van der Waals surface area (Å²) in [6.45, 7) is 0.839. The van der Waals surface area contributed by atoms with E-state index >= 15 is 0 Å². The third kappa shape index (κ3) is 1.59. The standard InChI is InChI=1S/C20H14N5/c1-2-5-15(6-3-1)25-18-17(13-23-10-4-8-22-19(18)23)24-12-14-11-21-9-7-16(14)20(24)25/h1-11,13H,12H2/q+1. The SMILES string of the molecule is c1ccc(-n2c3[n+](c4cn5cccnc5c42)Cc2cnccc2-3)cc1. The van der Waals surface area contributed by atoms with E-state index in [1.54, 1.807) is 0 Å². The molecule has 5 heteroatoms. The number of hydrogen-bond acceptors (Lipinski definition) is 2. The predicted octanol–water partition coefficient (Wildman–Crippen LogP) is 2.99.